The first-order valence-corrected chi connectivity index (χ1v) is 6.43. The maximum Gasteiger partial charge on any atom is 0.172 e. The van der Waals surface area contributed by atoms with Crippen LogP contribution in [0.4, 0.5) is 0 Å². The van der Waals surface area contributed by atoms with Crippen LogP contribution in [0.2, 0.25) is 0 Å². The van der Waals surface area contributed by atoms with E-state index in [1.54, 1.807) is 29.7 Å². The number of aryl methyl sites for hydroxylation is 1. The summed E-state index contributed by atoms with van der Waals surface area (Å²) in [5.74, 6) is 0.0499. The molecule has 17 heavy (non-hydrogen) atoms. The number of hydrogen-bond acceptors (Lipinski definition) is 6. The van der Waals surface area contributed by atoms with E-state index in [1.165, 1.54) is 11.8 Å². The summed E-state index contributed by atoms with van der Waals surface area (Å²) in [4.78, 5) is 8.54. The molecule has 0 aliphatic heterocycles. The molecule has 0 atom stereocenters. The van der Waals surface area contributed by atoms with Gasteiger partial charge in [0.25, 0.3) is 0 Å². The Kier molecular flexibility index (Phi) is 3.60. The minimum atomic E-state index is 0.0499. The minimum Gasteiger partial charge on any atom is -0.409 e. The normalized spacial score (nSPS) is 11.7. The second-order valence-corrected chi connectivity index (χ2v) is 5.29. The van der Waals surface area contributed by atoms with Crippen molar-refractivity contribution in [3.63, 3.8) is 0 Å². The molecule has 88 valence electrons. The van der Waals surface area contributed by atoms with Crippen molar-refractivity contribution in [3.05, 3.63) is 35.0 Å². The molecule has 2 heterocycles. The van der Waals surface area contributed by atoms with E-state index in [9.17, 15) is 0 Å². The Bertz CT molecular complexity index is 553. The largest absolute Gasteiger partial charge is 0.409 e. The van der Waals surface area contributed by atoms with Gasteiger partial charge < -0.3 is 10.9 Å². The molecule has 0 radical (unpaired) electrons. The fourth-order valence-electron chi connectivity index (χ4n) is 1.18. The van der Waals surface area contributed by atoms with Crippen molar-refractivity contribution >= 4 is 28.9 Å². The van der Waals surface area contributed by atoms with Crippen molar-refractivity contribution in [2.24, 2.45) is 10.9 Å². The minimum absolute atomic E-state index is 0.0499. The van der Waals surface area contributed by atoms with Crippen molar-refractivity contribution < 1.29 is 5.21 Å². The smallest absolute Gasteiger partial charge is 0.172 e. The number of nitrogens with zero attached hydrogens (tertiary/aromatic N) is 3. The number of hydrogen-bond donors (Lipinski definition) is 2. The Labute approximate surface area is 106 Å². The van der Waals surface area contributed by atoms with Gasteiger partial charge in [0.15, 0.2) is 10.2 Å². The molecule has 0 aliphatic carbocycles. The van der Waals surface area contributed by atoms with Crippen LogP contribution in [-0.2, 0) is 0 Å². The molecule has 0 spiro atoms. The van der Waals surface area contributed by atoms with E-state index in [-0.39, 0.29) is 5.84 Å². The number of rotatable bonds is 3. The Morgan fingerprint density at radius 1 is 1.59 bits per heavy atom. The summed E-state index contributed by atoms with van der Waals surface area (Å²) in [5, 5.41) is 14.3. The van der Waals surface area contributed by atoms with Gasteiger partial charge in [0.1, 0.15) is 5.03 Å². The molecule has 0 unspecified atom stereocenters. The number of oxime groups is 1. The van der Waals surface area contributed by atoms with Gasteiger partial charge in [0, 0.05) is 17.3 Å². The second-order valence-electron chi connectivity index (χ2n) is 3.20. The standard InChI is InChI=1S/C10H10N4OS2/c1-6-5-16-10(13-6)17-9-7(8(11)14-15)3-2-4-12-9/h2-5,15H,1H3,(H2,11,14). The first kappa shape index (κ1) is 11.9. The lowest BCUT2D eigenvalue weighted by Crippen LogP contribution is -2.14. The van der Waals surface area contributed by atoms with E-state index in [2.05, 4.69) is 15.1 Å². The van der Waals surface area contributed by atoms with E-state index in [0.29, 0.717) is 10.6 Å². The van der Waals surface area contributed by atoms with Gasteiger partial charge in [-0.3, -0.25) is 0 Å². The average Bonchev–Trinajstić information content (AvgIpc) is 2.74. The SMILES string of the molecule is Cc1csc(Sc2ncccc2/C(N)=N/O)n1. The van der Waals surface area contributed by atoms with Crippen molar-refractivity contribution in [2.45, 2.75) is 16.3 Å². The Balaban J connectivity index is 2.32. The number of pyridine rings is 1. The van der Waals surface area contributed by atoms with E-state index in [4.69, 9.17) is 10.9 Å². The molecule has 2 rings (SSSR count). The molecule has 5 nitrogen and oxygen atoms in total. The molecular formula is C10H10N4OS2. The highest BCUT2D eigenvalue weighted by Crippen LogP contribution is 2.30. The van der Waals surface area contributed by atoms with Crippen molar-refractivity contribution in [1.29, 1.82) is 0 Å². The third-order valence-corrected chi connectivity index (χ3v) is 4.01. The van der Waals surface area contributed by atoms with Crippen LogP contribution >= 0.6 is 23.1 Å². The number of thiazole rings is 1. The van der Waals surface area contributed by atoms with Crippen LogP contribution < -0.4 is 5.73 Å². The molecule has 0 amide bonds. The second kappa shape index (κ2) is 5.15. The monoisotopic (exact) mass is 266 g/mol. The number of amidine groups is 1. The highest BCUT2D eigenvalue weighted by atomic mass is 32.2. The molecule has 2 aromatic rings. The molecule has 0 saturated carbocycles. The zero-order valence-electron chi connectivity index (χ0n) is 8.99. The maximum atomic E-state index is 8.70. The third kappa shape index (κ3) is 2.75. The molecular weight excluding hydrogens is 256 g/mol. The van der Waals surface area contributed by atoms with Crippen LogP contribution in [0.3, 0.4) is 0 Å². The van der Waals surface area contributed by atoms with Crippen LogP contribution in [0.5, 0.6) is 0 Å². The predicted molar refractivity (Wildman–Crippen MR) is 67.7 cm³/mol. The molecule has 0 aromatic carbocycles. The molecule has 0 bridgehead atoms. The lowest BCUT2D eigenvalue weighted by atomic mass is 10.3. The Morgan fingerprint density at radius 2 is 2.41 bits per heavy atom. The van der Waals surface area contributed by atoms with E-state index < -0.39 is 0 Å². The summed E-state index contributed by atoms with van der Waals surface area (Å²) >= 11 is 2.94. The Morgan fingerprint density at radius 3 is 3.06 bits per heavy atom. The predicted octanol–water partition coefficient (Wildman–Crippen LogP) is 2.09. The van der Waals surface area contributed by atoms with Gasteiger partial charge in [-0.1, -0.05) is 5.16 Å². The molecule has 3 N–H and O–H groups in total. The quantitative estimate of drug-likeness (QED) is 0.384. The van der Waals surface area contributed by atoms with Crippen LogP contribution in [-0.4, -0.2) is 21.0 Å². The van der Waals surface area contributed by atoms with E-state index in [1.807, 2.05) is 12.3 Å². The summed E-state index contributed by atoms with van der Waals surface area (Å²) in [6.07, 6.45) is 1.66. The third-order valence-electron chi connectivity index (χ3n) is 1.94. The Hall–Kier alpha value is -1.60. The van der Waals surface area contributed by atoms with Crippen molar-refractivity contribution in [3.8, 4) is 0 Å². The van der Waals surface area contributed by atoms with Crippen molar-refractivity contribution in [2.75, 3.05) is 0 Å². The fraction of sp³-hybridized carbons (Fsp3) is 0.100. The van der Waals surface area contributed by atoms with Gasteiger partial charge >= 0.3 is 0 Å². The molecule has 0 saturated heterocycles. The lowest BCUT2D eigenvalue weighted by Gasteiger charge is -2.03. The molecule has 0 aliphatic rings. The van der Waals surface area contributed by atoms with E-state index >= 15 is 0 Å². The summed E-state index contributed by atoms with van der Waals surface area (Å²) in [7, 11) is 0. The fourth-order valence-corrected chi connectivity index (χ4v) is 3.03. The van der Waals surface area contributed by atoms with Gasteiger partial charge in [0.05, 0.1) is 5.56 Å². The average molecular weight is 266 g/mol. The van der Waals surface area contributed by atoms with Crippen LogP contribution in [0.1, 0.15) is 11.3 Å². The molecule has 0 fully saturated rings. The molecule has 7 heteroatoms. The van der Waals surface area contributed by atoms with Gasteiger partial charge in [-0.2, -0.15) is 0 Å². The number of nitrogens with two attached hydrogens (primary N) is 1. The highest BCUT2D eigenvalue weighted by Gasteiger charge is 2.11. The van der Waals surface area contributed by atoms with Crippen molar-refractivity contribution in [1.82, 2.24) is 9.97 Å². The first-order chi connectivity index (χ1) is 8.20. The van der Waals surface area contributed by atoms with Crippen LogP contribution in [0.25, 0.3) is 0 Å². The highest BCUT2D eigenvalue weighted by molar-refractivity contribution is 8.01. The molecule has 2 aromatic heterocycles. The topological polar surface area (TPSA) is 84.4 Å². The first-order valence-electron chi connectivity index (χ1n) is 4.73. The van der Waals surface area contributed by atoms with Gasteiger partial charge in [0.2, 0.25) is 0 Å². The van der Waals surface area contributed by atoms with Crippen LogP contribution in [0.15, 0.2) is 38.2 Å². The summed E-state index contributed by atoms with van der Waals surface area (Å²) < 4.78 is 0.883. The number of aromatic nitrogens is 2. The van der Waals surface area contributed by atoms with Gasteiger partial charge in [-0.05, 0) is 30.8 Å². The summed E-state index contributed by atoms with van der Waals surface area (Å²) in [6, 6.07) is 3.50. The summed E-state index contributed by atoms with van der Waals surface area (Å²) in [6.45, 7) is 1.93. The summed E-state index contributed by atoms with van der Waals surface area (Å²) in [5.41, 5.74) is 7.16. The van der Waals surface area contributed by atoms with Gasteiger partial charge in [-0.15, -0.1) is 11.3 Å². The van der Waals surface area contributed by atoms with Gasteiger partial charge in [-0.25, -0.2) is 9.97 Å². The zero-order chi connectivity index (χ0) is 12.3. The van der Waals surface area contributed by atoms with E-state index in [0.717, 1.165) is 10.0 Å². The zero-order valence-corrected chi connectivity index (χ0v) is 10.6. The lowest BCUT2D eigenvalue weighted by molar-refractivity contribution is 0.318. The van der Waals surface area contributed by atoms with Crippen LogP contribution in [0, 0.1) is 6.92 Å². The maximum absolute atomic E-state index is 8.70.